The summed E-state index contributed by atoms with van der Waals surface area (Å²) in [6, 6.07) is -0.566. The van der Waals surface area contributed by atoms with Gasteiger partial charge in [0, 0.05) is 6.54 Å². The first-order valence-corrected chi connectivity index (χ1v) is 8.28. The number of carbonyl (C=O) groups is 2. The summed E-state index contributed by atoms with van der Waals surface area (Å²) < 4.78 is 11.0. The molecule has 1 atom stereocenters. The van der Waals surface area contributed by atoms with Crippen molar-refractivity contribution in [1.29, 1.82) is 0 Å². The fourth-order valence-electron chi connectivity index (χ4n) is 3.19. The van der Waals surface area contributed by atoms with Crippen molar-refractivity contribution in [2.75, 3.05) is 6.54 Å². The van der Waals surface area contributed by atoms with E-state index in [2.05, 4.69) is 12.2 Å². The Hall–Kier alpha value is -1.52. The maximum absolute atomic E-state index is 12.6. The number of hydrogen-bond donors (Lipinski definition) is 0. The predicted molar refractivity (Wildman–Crippen MR) is 88.0 cm³/mol. The second kappa shape index (κ2) is 5.84. The molecular formula is C18H29NO4. The van der Waals surface area contributed by atoms with E-state index in [0.717, 1.165) is 12.8 Å². The van der Waals surface area contributed by atoms with E-state index in [-0.39, 0.29) is 11.4 Å². The molecule has 1 saturated heterocycles. The Morgan fingerprint density at radius 3 is 2.00 bits per heavy atom. The summed E-state index contributed by atoms with van der Waals surface area (Å²) in [7, 11) is 0. The van der Waals surface area contributed by atoms with E-state index in [4.69, 9.17) is 9.47 Å². The molecule has 2 rings (SSSR count). The molecule has 1 aliphatic heterocycles. The highest BCUT2D eigenvalue weighted by atomic mass is 16.6. The molecular weight excluding hydrogens is 294 g/mol. The van der Waals surface area contributed by atoms with Gasteiger partial charge in [0.25, 0.3) is 0 Å². The molecule has 1 unspecified atom stereocenters. The van der Waals surface area contributed by atoms with E-state index in [0.29, 0.717) is 13.0 Å². The molecule has 0 aromatic heterocycles. The number of allylic oxidation sites excluding steroid dienone is 2. The molecule has 5 heteroatoms. The van der Waals surface area contributed by atoms with Crippen LogP contribution in [0.1, 0.15) is 60.8 Å². The summed E-state index contributed by atoms with van der Waals surface area (Å²) in [5.41, 5.74) is -1.20. The molecule has 23 heavy (non-hydrogen) atoms. The van der Waals surface area contributed by atoms with Gasteiger partial charge in [-0.3, -0.25) is 4.90 Å². The standard InChI is InChI=1S/C18H29NO4/c1-16(2,3)22-14(20)13-11-18(9-7-8-10-18)12-19(13)15(21)23-17(4,5)6/h7-8,13H,9-12H2,1-6H3. The maximum Gasteiger partial charge on any atom is 0.411 e. The van der Waals surface area contributed by atoms with E-state index in [1.54, 1.807) is 4.90 Å². The van der Waals surface area contributed by atoms with Crippen molar-refractivity contribution in [1.82, 2.24) is 4.90 Å². The first-order valence-electron chi connectivity index (χ1n) is 8.28. The zero-order valence-corrected chi connectivity index (χ0v) is 15.1. The van der Waals surface area contributed by atoms with Crippen LogP contribution in [0.3, 0.4) is 0 Å². The summed E-state index contributed by atoms with van der Waals surface area (Å²) >= 11 is 0. The summed E-state index contributed by atoms with van der Waals surface area (Å²) in [5, 5.41) is 0. The SMILES string of the molecule is CC(C)(C)OC(=O)C1CC2(CC=CC2)CN1C(=O)OC(C)(C)C. The Bertz CT molecular complexity index is 464. The number of esters is 1. The second-order valence-corrected chi connectivity index (χ2v) is 8.74. The largest absolute Gasteiger partial charge is 0.458 e. The summed E-state index contributed by atoms with van der Waals surface area (Å²) in [5.74, 6) is -0.341. The molecule has 5 nitrogen and oxygen atoms in total. The molecule has 1 amide bonds. The van der Waals surface area contributed by atoms with Crippen molar-refractivity contribution in [3.05, 3.63) is 12.2 Å². The molecule has 2 aliphatic rings. The molecule has 0 aromatic rings. The van der Waals surface area contributed by atoms with Gasteiger partial charge >= 0.3 is 12.1 Å². The van der Waals surface area contributed by atoms with Crippen LogP contribution in [0.5, 0.6) is 0 Å². The lowest BCUT2D eigenvalue weighted by Gasteiger charge is -2.29. The van der Waals surface area contributed by atoms with Gasteiger partial charge < -0.3 is 9.47 Å². The average Bonchev–Trinajstić information content (AvgIpc) is 2.93. The molecule has 0 aromatic carbocycles. The van der Waals surface area contributed by atoms with Crippen LogP contribution >= 0.6 is 0 Å². The van der Waals surface area contributed by atoms with Crippen LogP contribution in [0.25, 0.3) is 0 Å². The Labute approximate surface area is 139 Å². The highest BCUT2D eigenvalue weighted by Gasteiger charge is 2.50. The van der Waals surface area contributed by atoms with Gasteiger partial charge in [-0.05, 0) is 66.2 Å². The van der Waals surface area contributed by atoms with Gasteiger partial charge in [-0.25, -0.2) is 9.59 Å². The minimum Gasteiger partial charge on any atom is -0.458 e. The van der Waals surface area contributed by atoms with Gasteiger partial charge in [-0.2, -0.15) is 0 Å². The summed E-state index contributed by atoms with van der Waals surface area (Å²) in [6.07, 6.45) is 6.25. The fourth-order valence-corrected chi connectivity index (χ4v) is 3.19. The van der Waals surface area contributed by atoms with Crippen molar-refractivity contribution < 1.29 is 19.1 Å². The van der Waals surface area contributed by atoms with E-state index in [1.165, 1.54) is 0 Å². The van der Waals surface area contributed by atoms with Crippen molar-refractivity contribution in [3.8, 4) is 0 Å². The topological polar surface area (TPSA) is 55.8 Å². The summed E-state index contributed by atoms with van der Waals surface area (Å²) in [4.78, 5) is 26.7. The Balaban J connectivity index is 2.18. The van der Waals surface area contributed by atoms with Crippen LogP contribution in [0.4, 0.5) is 4.79 Å². The third-order valence-corrected chi connectivity index (χ3v) is 4.08. The van der Waals surface area contributed by atoms with Crippen molar-refractivity contribution in [3.63, 3.8) is 0 Å². The van der Waals surface area contributed by atoms with Gasteiger partial charge in [-0.15, -0.1) is 0 Å². The fraction of sp³-hybridized carbons (Fsp3) is 0.778. The first kappa shape index (κ1) is 17.8. The number of likely N-dealkylation sites (tertiary alicyclic amines) is 1. The Morgan fingerprint density at radius 2 is 1.52 bits per heavy atom. The highest BCUT2D eigenvalue weighted by Crippen LogP contribution is 2.45. The molecule has 0 N–H and O–H groups in total. The quantitative estimate of drug-likeness (QED) is 0.546. The minimum absolute atomic E-state index is 0.0432. The molecule has 0 radical (unpaired) electrons. The lowest BCUT2D eigenvalue weighted by atomic mass is 9.83. The molecule has 1 aliphatic carbocycles. The van der Waals surface area contributed by atoms with Crippen LogP contribution in [-0.2, 0) is 14.3 Å². The number of nitrogens with zero attached hydrogens (tertiary/aromatic N) is 1. The smallest absolute Gasteiger partial charge is 0.411 e. The molecule has 0 saturated carbocycles. The summed E-state index contributed by atoms with van der Waals surface area (Å²) in [6.45, 7) is 11.5. The number of rotatable bonds is 1. The van der Waals surface area contributed by atoms with Crippen LogP contribution in [0.15, 0.2) is 12.2 Å². The monoisotopic (exact) mass is 323 g/mol. The van der Waals surface area contributed by atoms with E-state index >= 15 is 0 Å². The van der Waals surface area contributed by atoms with Gasteiger partial charge in [0.05, 0.1) is 0 Å². The molecule has 0 bridgehead atoms. The number of hydrogen-bond acceptors (Lipinski definition) is 4. The van der Waals surface area contributed by atoms with Crippen LogP contribution < -0.4 is 0 Å². The third-order valence-electron chi connectivity index (χ3n) is 4.08. The average molecular weight is 323 g/mol. The maximum atomic E-state index is 12.6. The zero-order valence-electron chi connectivity index (χ0n) is 15.1. The van der Waals surface area contributed by atoms with Crippen molar-refractivity contribution in [2.45, 2.75) is 78.0 Å². The van der Waals surface area contributed by atoms with E-state index < -0.39 is 23.3 Å². The molecule has 1 heterocycles. The molecule has 130 valence electrons. The number of amides is 1. The molecule has 1 spiro atoms. The number of ether oxygens (including phenoxy) is 2. The van der Waals surface area contributed by atoms with E-state index in [9.17, 15) is 9.59 Å². The zero-order chi connectivity index (χ0) is 17.5. The minimum atomic E-state index is -0.584. The number of carbonyl (C=O) groups excluding carboxylic acids is 2. The predicted octanol–water partition coefficient (Wildman–Crippen LogP) is 3.67. The lowest BCUT2D eigenvalue weighted by molar-refractivity contribution is -0.160. The van der Waals surface area contributed by atoms with Crippen molar-refractivity contribution in [2.24, 2.45) is 5.41 Å². The lowest BCUT2D eigenvalue weighted by Crippen LogP contribution is -2.45. The molecule has 1 fully saturated rings. The highest BCUT2D eigenvalue weighted by molar-refractivity contribution is 5.83. The Morgan fingerprint density at radius 1 is 1.00 bits per heavy atom. The van der Waals surface area contributed by atoms with Crippen LogP contribution in [0, 0.1) is 5.41 Å². The van der Waals surface area contributed by atoms with E-state index in [1.807, 2.05) is 41.5 Å². The third kappa shape index (κ3) is 4.49. The van der Waals surface area contributed by atoms with Gasteiger partial charge in [0.1, 0.15) is 17.2 Å². The van der Waals surface area contributed by atoms with Crippen molar-refractivity contribution >= 4 is 12.1 Å². The van der Waals surface area contributed by atoms with Gasteiger partial charge in [0.15, 0.2) is 0 Å². The van der Waals surface area contributed by atoms with Gasteiger partial charge in [0.2, 0.25) is 0 Å². The van der Waals surface area contributed by atoms with Gasteiger partial charge in [-0.1, -0.05) is 12.2 Å². The van der Waals surface area contributed by atoms with Crippen LogP contribution in [-0.4, -0.2) is 40.8 Å². The van der Waals surface area contributed by atoms with Crippen LogP contribution in [0.2, 0.25) is 0 Å². The normalized spacial score (nSPS) is 23.4. The Kier molecular flexibility index (Phi) is 4.53. The first-order chi connectivity index (χ1) is 10.4. The second-order valence-electron chi connectivity index (χ2n) is 8.74.